The van der Waals surface area contributed by atoms with Gasteiger partial charge >= 0.3 is 0 Å². The zero-order chi connectivity index (χ0) is 21.6. The smallest absolute Gasteiger partial charge is 0.274 e. The quantitative estimate of drug-likeness (QED) is 0.738. The number of aromatic nitrogens is 2. The number of benzene rings is 1. The summed E-state index contributed by atoms with van der Waals surface area (Å²) in [7, 11) is 1.71. The highest BCUT2D eigenvalue weighted by atomic mass is 16.5. The normalized spacial score (nSPS) is 19.0. The van der Waals surface area contributed by atoms with E-state index in [1.54, 1.807) is 7.11 Å². The number of ether oxygens (including phenoxy) is 1. The lowest BCUT2D eigenvalue weighted by atomic mass is 9.91. The highest BCUT2D eigenvalue weighted by Crippen LogP contribution is 2.27. The Morgan fingerprint density at radius 2 is 2.03 bits per heavy atom. The predicted molar refractivity (Wildman–Crippen MR) is 123 cm³/mol. The Labute approximate surface area is 186 Å². The minimum atomic E-state index is 0.141. The third-order valence-corrected chi connectivity index (χ3v) is 6.72. The molecule has 2 aromatic rings. The van der Waals surface area contributed by atoms with Crippen molar-refractivity contribution in [3.63, 3.8) is 0 Å². The summed E-state index contributed by atoms with van der Waals surface area (Å²) in [5.41, 5.74) is 4.44. The average Bonchev–Trinajstić information content (AvgIpc) is 2.96. The Balaban J connectivity index is 1.42. The van der Waals surface area contributed by atoms with E-state index in [0.717, 1.165) is 70.5 Å². The first-order valence-electron chi connectivity index (χ1n) is 11.9. The van der Waals surface area contributed by atoms with E-state index in [-0.39, 0.29) is 5.91 Å². The van der Waals surface area contributed by atoms with Gasteiger partial charge in [-0.3, -0.25) is 9.48 Å². The van der Waals surface area contributed by atoms with Gasteiger partial charge < -0.3 is 15.0 Å². The minimum Gasteiger partial charge on any atom is -0.497 e. The number of likely N-dealkylation sites (tertiary alicyclic amines) is 1. The van der Waals surface area contributed by atoms with Crippen molar-refractivity contribution in [2.45, 2.75) is 70.9 Å². The van der Waals surface area contributed by atoms with E-state index in [4.69, 9.17) is 9.84 Å². The predicted octanol–water partition coefficient (Wildman–Crippen LogP) is 3.62. The van der Waals surface area contributed by atoms with Crippen LogP contribution in [0, 0.1) is 0 Å². The largest absolute Gasteiger partial charge is 0.497 e. The van der Waals surface area contributed by atoms with Crippen LogP contribution in [0.2, 0.25) is 0 Å². The number of hydrogen-bond acceptors (Lipinski definition) is 4. The van der Waals surface area contributed by atoms with Gasteiger partial charge in [-0.2, -0.15) is 5.10 Å². The second-order valence-corrected chi connectivity index (χ2v) is 8.79. The molecular formula is C25H36N4O2. The van der Waals surface area contributed by atoms with E-state index in [1.165, 1.54) is 29.7 Å². The standard InChI is InChI=1S/C25H36N4O2/c1-3-29-23-12-11-20(26-14-13-19-9-8-10-21(17-19)31-2)18-22(23)24(27-29)25(30)28-15-6-4-5-7-16-28/h8-10,17,20,26H,3-7,11-16,18H2,1-2H3. The molecule has 1 N–H and O–H groups in total. The third-order valence-electron chi connectivity index (χ3n) is 6.72. The summed E-state index contributed by atoms with van der Waals surface area (Å²) in [6, 6.07) is 8.66. The molecular weight excluding hydrogens is 388 g/mol. The Hall–Kier alpha value is -2.34. The van der Waals surface area contributed by atoms with Crippen molar-refractivity contribution in [2.75, 3.05) is 26.7 Å². The van der Waals surface area contributed by atoms with Crippen molar-refractivity contribution < 1.29 is 9.53 Å². The molecule has 2 heterocycles. The molecule has 0 saturated carbocycles. The van der Waals surface area contributed by atoms with Crippen LogP contribution in [0.15, 0.2) is 24.3 Å². The lowest BCUT2D eigenvalue weighted by molar-refractivity contribution is 0.0753. The highest BCUT2D eigenvalue weighted by molar-refractivity contribution is 5.94. The molecule has 31 heavy (non-hydrogen) atoms. The number of carbonyl (C=O) groups excluding carboxylic acids is 1. The number of hydrogen-bond donors (Lipinski definition) is 1. The van der Waals surface area contributed by atoms with Crippen molar-refractivity contribution in [3.8, 4) is 5.75 Å². The van der Waals surface area contributed by atoms with Crippen LogP contribution in [-0.2, 0) is 25.8 Å². The number of nitrogens with one attached hydrogen (secondary N) is 1. The fourth-order valence-corrected chi connectivity index (χ4v) is 4.97. The van der Waals surface area contributed by atoms with Crippen molar-refractivity contribution in [2.24, 2.45) is 0 Å². The second-order valence-electron chi connectivity index (χ2n) is 8.79. The van der Waals surface area contributed by atoms with Gasteiger partial charge in [0.2, 0.25) is 0 Å². The van der Waals surface area contributed by atoms with Gasteiger partial charge in [0.1, 0.15) is 5.75 Å². The zero-order valence-corrected chi connectivity index (χ0v) is 19.0. The molecule has 2 aliphatic rings. The van der Waals surface area contributed by atoms with Crippen molar-refractivity contribution in [3.05, 3.63) is 46.8 Å². The number of nitrogens with zero attached hydrogens (tertiary/aromatic N) is 3. The summed E-state index contributed by atoms with van der Waals surface area (Å²) < 4.78 is 7.39. The molecule has 1 aliphatic heterocycles. The maximum Gasteiger partial charge on any atom is 0.274 e. The fourth-order valence-electron chi connectivity index (χ4n) is 4.97. The molecule has 6 heteroatoms. The first kappa shape index (κ1) is 21.9. The number of carbonyl (C=O) groups is 1. The van der Waals surface area contributed by atoms with E-state index in [0.29, 0.717) is 11.7 Å². The fraction of sp³-hybridized carbons (Fsp3) is 0.600. The number of rotatable bonds is 7. The number of fused-ring (bicyclic) bond motifs is 1. The Morgan fingerprint density at radius 3 is 2.77 bits per heavy atom. The van der Waals surface area contributed by atoms with Gasteiger partial charge in [0.25, 0.3) is 5.91 Å². The second kappa shape index (κ2) is 10.3. The molecule has 1 aromatic heterocycles. The van der Waals surface area contributed by atoms with Gasteiger partial charge in [-0.25, -0.2) is 0 Å². The number of methoxy groups -OCH3 is 1. The zero-order valence-electron chi connectivity index (χ0n) is 19.0. The number of aryl methyl sites for hydroxylation is 1. The van der Waals surface area contributed by atoms with Crippen LogP contribution in [0.25, 0.3) is 0 Å². The SMILES string of the molecule is CCn1nc(C(=O)N2CCCCCC2)c2c1CCC(NCCc1cccc(OC)c1)C2. The average molecular weight is 425 g/mol. The van der Waals surface area contributed by atoms with Crippen LogP contribution in [0.4, 0.5) is 0 Å². The van der Waals surface area contributed by atoms with Crippen LogP contribution in [0.3, 0.4) is 0 Å². The van der Waals surface area contributed by atoms with Crippen LogP contribution in [0.5, 0.6) is 5.75 Å². The molecule has 1 fully saturated rings. The van der Waals surface area contributed by atoms with Crippen LogP contribution in [-0.4, -0.2) is 53.4 Å². The van der Waals surface area contributed by atoms with Crippen LogP contribution >= 0.6 is 0 Å². The van der Waals surface area contributed by atoms with E-state index in [1.807, 2.05) is 17.0 Å². The summed E-state index contributed by atoms with van der Waals surface area (Å²) in [5, 5.41) is 8.51. The molecule has 1 atom stereocenters. The molecule has 6 nitrogen and oxygen atoms in total. The maximum absolute atomic E-state index is 13.3. The summed E-state index contributed by atoms with van der Waals surface area (Å²) >= 11 is 0. The molecule has 0 radical (unpaired) electrons. The molecule has 1 aromatic carbocycles. The van der Waals surface area contributed by atoms with Gasteiger partial charge in [0.05, 0.1) is 7.11 Å². The minimum absolute atomic E-state index is 0.141. The molecule has 1 amide bonds. The third kappa shape index (κ3) is 5.12. The monoisotopic (exact) mass is 424 g/mol. The van der Waals surface area contributed by atoms with E-state index in [9.17, 15) is 4.79 Å². The summed E-state index contributed by atoms with van der Waals surface area (Å²) in [6.07, 6.45) is 8.61. The summed E-state index contributed by atoms with van der Waals surface area (Å²) in [5.74, 6) is 1.05. The Morgan fingerprint density at radius 1 is 1.23 bits per heavy atom. The van der Waals surface area contributed by atoms with Gasteiger partial charge in [-0.05, 0) is 69.7 Å². The molecule has 1 aliphatic carbocycles. The summed E-state index contributed by atoms with van der Waals surface area (Å²) in [4.78, 5) is 15.4. The lowest BCUT2D eigenvalue weighted by Gasteiger charge is -2.25. The van der Waals surface area contributed by atoms with Gasteiger partial charge in [0, 0.05) is 36.9 Å². The van der Waals surface area contributed by atoms with E-state index < -0.39 is 0 Å². The Kier molecular flexibility index (Phi) is 7.28. The molecule has 1 saturated heterocycles. The van der Waals surface area contributed by atoms with E-state index >= 15 is 0 Å². The highest BCUT2D eigenvalue weighted by Gasteiger charge is 2.30. The first-order valence-corrected chi connectivity index (χ1v) is 11.9. The van der Waals surface area contributed by atoms with Crippen LogP contribution in [0.1, 0.15) is 66.3 Å². The van der Waals surface area contributed by atoms with Crippen LogP contribution < -0.4 is 10.1 Å². The molecule has 4 rings (SSSR count). The van der Waals surface area contributed by atoms with Crippen molar-refractivity contribution in [1.29, 1.82) is 0 Å². The summed E-state index contributed by atoms with van der Waals surface area (Å²) in [6.45, 7) is 5.60. The topological polar surface area (TPSA) is 59.4 Å². The van der Waals surface area contributed by atoms with E-state index in [2.05, 4.69) is 29.1 Å². The first-order chi connectivity index (χ1) is 15.2. The lowest BCUT2D eigenvalue weighted by Crippen LogP contribution is -2.37. The molecule has 168 valence electrons. The van der Waals surface area contributed by atoms with Crippen molar-refractivity contribution >= 4 is 5.91 Å². The molecule has 1 unspecified atom stereocenters. The van der Waals surface area contributed by atoms with Crippen molar-refractivity contribution in [1.82, 2.24) is 20.0 Å². The maximum atomic E-state index is 13.3. The molecule has 0 bridgehead atoms. The van der Waals surface area contributed by atoms with Gasteiger partial charge in [0.15, 0.2) is 5.69 Å². The van der Waals surface area contributed by atoms with Gasteiger partial charge in [-0.15, -0.1) is 0 Å². The van der Waals surface area contributed by atoms with Gasteiger partial charge in [-0.1, -0.05) is 25.0 Å². The Bertz CT molecular complexity index is 884. The molecule has 0 spiro atoms. The number of amides is 1.